The third kappa shape index (κ3) is 5.77. The molecule has 5 aromatic carbocycles. The molecule has 0 unspecified atom stereocenters. The summed E-state index contributed by atoms with van der Waals surface area (Å²) in [6, 6.07) is 46.8. The zero-order valence-electron chi connectivity index (χ0n) is 30.7. The van der Waals surface area contributed by atoms with Crippen LogP contribution >= 0.6 is 0 Å². The fourth-order valence-electron chi connectivity index (χ4n) is 7.78. The van der Waals surface area contributed by atoms with Crippen molar-refractivity contribution in [3.63, 3.8) is 0 Å². The van der Waals surface area contributed by atoms with Gasteiger partial charge >= 0.3 is 0 Å². The van der Waals surface area contributed by atoms with Gasteiger partial charge in [-0.25, -0.2) is 9.97 Å². The number of anilines is 4. The van der Waals surface area contributed by atoms with E-state index in [1.54, 1.807) is 0 Å². The van der Waals surface area contributed by atoms with Crippen molar-refractivity contribution in [2.24, 2.45) is 0 Å². The zero-order valence-corrected chi connectivity index (χ0v) is 30.7. The van der Waals surface area contributed by atoms with Crippen molar-refractivity contribution >= 4 is 44.7 Å². The van der Waals surface area contributed by atoms with Crippen LogP contribution in [0.25, 0.3) is 38.8 Å². The molecule has 0 bridgehead atoms. The summed E-state index contributed by atoms with van der Waals surface area (Å²) in [4.78, 5) is 14.4. The van der Waals surface area contributed by atoms with Crippen molar-refractivity contribution in [2.75, 3.05) is 16.5 Å². The summed E-state index contributed by atoms with van der Waals surface area (Å²) in [5.74, 6) is 3.34. The van der Waals surface area contributed by atoms with Crippen LogP contribution in [-0.2, 0) is 5.41 Å². The first-order valence-corrected chi connectivity index (χ1v) is 18.2. The first-order chi connectivity index (χ1) is 25.7. The molecule has 0 spiro atoms. The van der Waals surface area contributed by atoms with Crippen LogP contribution in [-0.4, -0.2) is 21.2 Å². The maximum Gasteiger partial charge on any atom is 0.158 e. The fraction of sp³-hybridized carbons (Fsp3) is 0.149. The standard InChI is InChI=1S/C47H41N5O/c1-31-25-34(33-13-7-6-8-14-33)26-32(2)45(31)51-30-50(46-42(51)19-12-23-49-46)36-15-11-16-37(28-36)53-38-20-21-40-39-17-9-10-18-41(39)52(43(40)29-38)44-27-35(22-24-48-44)47(3,4)5/h6-29H,30H2,1-5H3. The molecule has 0 atom stereocenters. The molecule has 6 heteroatoms. The Labute approximate surface area is 310 Å². The third-order valence-electron chi connectivity index (χ3n) is 10.3. The van der Waals surface area contributed by atoms with Gasteiger partial charge in [0, 0.05) is 46.7 Å². The number of hydrogen-bond donors (Lipinski definition) is 0. The normalized spacial score (nSPS) is 12.8. The number of pyridine rings is 2. The molecule has 0 saturated carbocycles. The average Bonchev–Trinajstić information content (AvgIpc) is 3.71. The lowest BCUT2D eigenvalue weighted by Gasteiger charge is -2.25. The van der Waals surface area contributed by atoms with Gasteiger partial charge in [0.05, 0.1) is 16.7 Å². The maximum absolute atomic E-state index is 6.65. The number of fused-ring (bicyclic) bond motifs is 4. The Balaban J connectivity index is 1.06. The van der Waals surface area contributed by atoms with E-state index in [-0.39, 0.29) is 5.41 Å². The summed E-state index contributed by atoms with van der Waals surface area (Å²) in [5, 5.41) is 2.34. The molecule has 53 heavy (non-hydrogen) atoms. The lowest BCUT2D eigenvalue weighted by molar-refractivity contribution is 0.483. The molecule has 0 saturated heterocycles. The Morgan fingerprint density at radius 1 is 0.585 bits per heavy atom. The molecule has 8 aromatic rings. The van der Waals surface area contributed by atoms with Gasteiger partial charge < -0.3 is 14.5 Å². The first-order valence-electron chi connectivity index (χ1n) is 18.2. The van der Waals surface area contributed by atoms with Gasteiger partial charge in [-0.15, -0.1) is 0 Å². The molecule has 0 fully saturated rings. The van der Waals surface area contributed by atoms with E-state index >= 15 is 0 Å². The predicted molar refractivity (Wildman–Crippen MR) is 219 cm³/mol. The Morgan fingerprint density at radius 2 is 1.34 bits per heavy atom. The molecule has 260 valence electrons. The van der Waals surface area contributed by atoms with Gasteiger partial charge in [0.25, 0.3) is 0 Å². The van der Waals surface area contributed by atoms with E-state index in [1.807, 2.05) is 24.5 Å². The molecule has 0 aliphatic carbocycles. The summed E-state index contributed by atoms with van der Waals surface area (Å²) in [5.41, 5.74) is 11.6. The van der Waals surface area contributed by atoms with E-state index in [0.717, 1.165) is 50.9 Å². The van der Waals surface area contributed by atoms with Crippen LogP contribution in [0, 0.1) is 13.8 Å². The maximum atomic E-state index is 6.65. The van der Waals surface area contributed by atoms with Crippen LogP contribution in [0.1, 0.15) is 37.5 Å². The molecule has 0 radical (unpaired) electrons. The Kier molecular flexibility index (Phi) is 7.77. The van der Waals surface area contributed by atoms with Crippen LogP contribution in [0.5, 0.6) is 11.5 Å². The number of aromatic nitrogens is 3. The first kappa shape index (κ1) is 32.5. The van der Waals surface area contributed by atoms with Crippen molar-refractivity contribution in [1.82, 2.24) is 14.5 Å². The molecule has 1 aliphatic heterocycles. The van der Waals surface area contributed by atoms with Gasteiger partial charge in [0.2, 0.25) is 0 Å². The number of nitrogens with zero attached hydrogens (tertiary/aromatic N) is 5. The number of ether oxygens (including phenoxy) is 1. The second-order valence-corrected chi connectivity index (χ2v) is 15.0. The number of aryl methyl sites for hydroxylation is 2. The van der Waals surface area contributed by atoms with Crippen LogP contribution < -0.4 is 14.5 Å². The molecular formula is C47H41N5O. The molecule has 3 aromatic heterocycles. The summed E-state index contributed by atoms with van der Waals surface area (Å²) >= 11 is 0. The van der Waals surface area contributed by atoms with Gasteiger partial charge in [-0.05, 0) is 114 Å². The SMILES string of the molecule is Cc1cc(-c2ccccc2)cc(C)c1N1CN(c2cccc(Oc3ccc4c5ccccc5n(-c5cc(C(C)(C)C)ccn5)c4c3)c2)c2ncccc21. The smallest absolute Gasteiger partial charge is 0.158 e. The van der Waals surface area contributed by atoms with Crippen LogP contribution in [0.4, 0.5) is 22.9 Å². The fourth-order valence-corrected chi connectivity index (χ4v) is 7.78. The molecule has 0 amide bonds. The monoisotopic (exact) mass is 691 g/mol. The van der Waals surface area contributed by atoms with Gasteiger partial charge in [-0.3, -0.25) is 4.57 Å². The van der Waals surface area contributed by atoms with Gasteiger partial charge in [0.15, 0.2) is 5.82 Å². The van der Waals surface area contributed by atoms with Crippen molar-refractivity contribution in [1.29, 1.82) is 0 Å². The minimum atomic E-state index is 0.00278. The summed E-state index contributed by atoms with van der Waals surface area (Å²) in [6.45, 7) is 11.7. The third-order valence-corrected chi connectivity index (χ3v) is 10.3. The molecule has 9 rings (SSSR count). The highest BCUT2D eigenvalue weighted by Crippen LogP contribution is 2.46. The number of rotatable bonds is 6. The van der Waals surface area contributed by atoms with E-state index in [4.69, 9.17) is 14.7 Å². The quantitative estimate of drug-likeness (QED) is 0.174. The Hall–Kier alpha value is -6.40. The van der Waals surface area contributed by atoms with Gasteiger partial charge in [0.1, 0.15) is 24.0 Å². The minimum absolute atomic E-state index is 0.00278. The van der Waals surface area contributed by atoms with Crippen molar-refractivity contribution < 1.29 is 4.74 Å². The molecule has 0 N–H and O–H groups in total. The van der Waals surface area contributed by atoms with Crippen molar-refractivity contribution in [3.8, 4) is 28.4 Å². The Bertz CT molecular complexity index is 2630. The van der Waals surface area contributed by atoms with Crippen LogP contribution in [0.3, 0.4) is 0 Å². The second kappa shape index (κ2) is 12.7. The van der Waals surface area contributed by atoms with Crippen molar-refractivity contribution in [2.45, 2.75) is 40.0 Å². The largest absolute Gasteiger partial charge is 0.457 e. The number of hydrogen-bond acceptors (Lipinski definition) is 5. The van der Waals surface area contributed by atoms with E-state index < -0.39 is 0 Å². The summed E-state index contributed by atoms with van der Waals surface area (Å²) in [6.07, 6.45) is 3.78. The van der Waals surface area contributed by atoms with E-state index in [9.17, 15) is 0 Å². The molecular weight excluding hydrogens is 651 g/mol. The number of para-hydroxylation sites is 1. The molecule has 4 heterocycles. The molecule has 1 aliphatic rings. The van der Waals surface area contributed by atoms with Gasteiger partial charge in [-0.1, -0.05) is 75.4 Å². The topological polar surface area (TPSA) is 46.4 Å². The zero-order chi connectivity index (χ0) is 36.3. The predicted octanol–water partition coefficient (Wildman–Crippen LogP) is 12.2. The highest BCUT2D eigenvalue weighted by molar-refractivity contribution is 6.09. The second-order valence-electron chi connectivity index (χ2n) is 15.0. The number of benzene rings is 5. The van der Waals surface area contributed by atoms with Crippen LogP contribution in [0.15, 0.2) is 146 Å². The highest BCUT2D eigenvalue weighted by atomic mass is 16.5. The lowest BCUT2D eigenvalue weighted by Crippen LogP contribution is -2.25. The van der Waals surface area contributed by atoms with E-state index in [1.165, 1.54) is 38.9 Å². The van der Waals surface area contributed by atoms with Crippen molar-refractivity contribution in [3.05, 3.63) is 163 Å². The summed E-state index contributed by atoms with van der Waals surface area (Å²) < 4.78 is 8.90. The van der Waals surface area contributed by atoms with E-state index in [0.29, 0.717) is 6.67 Å². The minimum Gasteiger partial charge on any atom is -0.457 e. The molecule has 6 nitrogen and oxygen atoms in total. The Morgan fingerprint density at radius 3 is 2.15 bits per heavy atom. The summed E-state index contributed by atoms with van der Waals surface area (Å²) in [7, 11) is 0. The van der Waals surface area contributed by atoms with E-state index in [2.05, 4.69) is 170 Å². The van der Waals surface area contributed by atoms with Crippen LogP contribution in [0.2, 0.25) is 0 Å². The van der Waals surface area contributed by atoms with Gasteiger partial charge in [-0.2, -0.15) is 0 Å². The lowest BCUT2D eigenvalue weighted by atomic mass is 9.88. The average molecular weight is 692 g/mol. The highest BCUT2D eigenvalue weighted by Gasteiger charge is 2.31.